The average molecular weight is 1190 g/mol. The van der Waals surface area contributed by atoms with E-state index < -0.39 is 0 Å². The first-order valence-electron chi connectivity index (χ1n) is 23.1. The number of ether oxygens (including phenoxy) is 3. The summed E-state index contributed by atoms with van der Waals surface area (Å²) >= 11 is 5.19. The van der Waals surface area contributed by atoms with Gasteiger partial charge in [0.15, 0.2) is 11.0 Å². The number of anilines is 2. The van der Waals surface area contributed by atoms with E-state index >= 15 is 0 Å². The van der Waals surface area contributed by atoms with Gasteiger partial charge >= 0.3 is 138 Å². The molecule has 0 unspecified atom stereocenters. The van der Waals surface area contributed by atoms with E-state index in [1.165, 1.54) is 19.3 Å². The molecular weight excluding hydrogens is 1110 g/mol. The summed E-state index contributed by atoms with van der Waals surface area (Å²) in [6.45, 7) is 17.8. The Balaban J connectivity index is 0.000000352. The van der Waals surface area contributed by atoms with Crippen LogP contribution in [0.4, 0.5) is 11.9 Å². The minimum absolute atomic E-state index is 0. The van der Waals surface area contributed by atoms with E-state index in [-0.39, 0.29) is 157 Å². The van der Waals surface area contributed by atoms with E-state index in [0.717, 1.165) is 173 Å². The maximum atomic E-state index is 12.9. The summed E-state index contributed by atoms with van der Waals surface area (Å²) in [6, 6.07) is 0. The van der Waals surface area contributed by atoms with Gasteiger partial charge in [-0.05, 0) is 83.8 Å². The number of halogens is 1. The van der Waals surface area contributed by atoms with Crippen LogP contribution in [0.3, 0.4) is 0 Å². The second kappa shape index (κ2) is 33.6. The van der Waals surface area contributed by atoms with Gasteiger partial charge in [0, 0.05) is 111 Å². The summed E-state index contributed by atoms with van der Waals surface area (Å²) in [5, 5.41) is 21.5. The minimum atomic E-state index is -0.181. The number of alkyl halides is 1. The molecule has 9 rings (SSSR count). The fourth-order valence-electron chi connectivity index (χ4n) is 8.35. The molecule has 0 atom stereocenters. The Bertz CT molecular complexity index is 2100. The Labute approximate surface area is 512 Å². The van der Waals surface area contributed by atoms with Crippen molar-refractivity contribution in [2.75, 3.05) is 114 Å². The molecule has 4 aromatic rings. The van der Waals surface area contributed by atoms with Gasteiger partial charge in [0.25, 0.3) is 17.6 Å². The third-order valence-corrected chi connectivity index (χ3v) is 12.2. The van der Waals surface area contributed by atoms with Gasteiger partial charge in [-0.15, -0.1) is 21.8 Å². The zero-order valence-electron chi connectivity index (χ0n) is 41.3. The van der Waals surface area contributed by atoms with Crippen molar-refractivity contribution in [1.29, 1.82) is 0 Å². The molecule has 0 spiro atoms. The zero-order chi connectivity index (χ0) is 45.7. The Hall–Kier alpha value is -0.0761. The fourth-order valence-corrected chi connectivity index (χ4v) is 8.35. The van der Waals surface area contributed by atoms with Gasteiger partial charge in [0.1, 0.15) is 11.6 Å². The standard InChI is InChI=1S/C19H30N6O2.C16H24N6O2.C4H8O.C3H7Cl.CH2O3.2Cs.H/c1-3-7-23-8-4-9-24(11-10-23)19-21-25-16(18(26)22(19)2)14-20-17(25)15-5-12-27-13-6-15;1-20-15(23)13-11-18-14(12-3-9-24-10-4-12)22(13)19-16(20)21-7-2-5-17-6-8-21;1-2-4-5-3-1;1-2-3-4;2-1-4-3;;;/h14-15H,3-13H2,1-2H3;11-12,17H,2-10H2,1H3;1-4H2;2-3H2,1H3;1,3H;;;/q;;;;;2*+1;-1/p-1. The minimum Gasteiger partial charge on any atom is -1.00 e. The number of carbonyl (C=O) groups excluding carboxylic acids is 1. The molecule has 1 N–H and O–H groups in total. The smallest absolute Gasteiger partial charge is 1.00 e. The molecule has 0 bridgehead atoms. The number of nitrogens with one attached hydrogen (secondary N) is 1. The predicted molar refractivity (Wildman–Crippen MR) is 245 cm³/mol. The summed E-state index contributed by atoms with van der Waals surface area (Å²) in [4.78, 5) is 53.0. The fraction of sp³-hybridized carbons (Fsp3) is 0.744. The number of hydrogen-bond donors (Lipinski definition) is 1. The number of nitrogens with zero attached hydrogens (tertiary/aromatic N) is 11. The molecular formula is C43H71ClCs2N12O8. The molecule has 0 radical (unpaired) electrons. The van der Waals surface area contributed by atoms with Crippen LogP contribution < -0.4 is 169 Å². The molecule has 4 aromatic heterocycles. The SMILES string of the molecule is C1CCOC1.CCCCl.CCCN1CCCN(c2nn3c(C4CCOCC4)ncc3c(=O)n2C)CC1.Cn1c(N2CCCNCC2)nn2c(C3CCOCC3)ncc2c1=O.O=CO[O-].[Cs+].[Cs+].[H-]. The maximum absolute atomic E-state index is 12.9. The topological polar surface area (TPSA) is 203 Å². The molecule has 360 valence electrons. The van der Waals surface area contributed by atoms with Gasteiger partial charge in [0.05, 0.1) is 12.4 Å². The molecule has 23 heteroatoms. The van der Waals surface area contributed by atoms with Crippen molar-refractivity contribution in [3.8, 4) is 0 Å². The first kappa shape index (κ1) is 60.2. The largest absolute Gasteiger partial charge is 1.00 e. The van der Waals surface area contributed by atoms with E-state index in [0.29, 0.717) is 22.9 Å². The van der Waals surface area contributed by atoms with Gasteiger partial charge in [-0.25, -0.2) is 19.0 Å². The second-order valence-corrected chi connectivity index (χ2v) is 16.8. The van der Waals surface area contributed by atoms with Gasteiger partial charge in [-0.3, -0.25) is 23.5 Å². The van der Waals surface area contributed by atoms with E-state index in [2.05, 4.69) is 41.8 Å². The van der Waals surface area contributed by atoms with Crippen LogP contribution in [0.2, 0.25) is 0 Å². The third kappa shape index (κ3) is 17.6. The van der Waals surface area contributed by atoms with Crippen LogP contribution in [0.25, 0.3) is 11.0 Å². The van der Waals surface area contributed by atoms with Crippen LogP contribution in [0.15, 0.2) is 22.0 Å². The van der Waals surface area contributed by atoms with Crippen molar-refractivity contribution >= 4 is 41.0 Å². The van der Waals surface area contributed by atoms with Gasteiger partial charge in [0.2, 0.25) is 11.9 Å². The number of carbonyl (C=O) groups is 1. The van der Waals surface area contributed by atoms with Crippen LogP contribution in [0.1, 0.15) is 103 Å². The second-order valence-electron chi connectivity index (χ2n) is 16.4. The molecule has 0 amide bonds. The van der Waals surface area contributed by atoms with Crippen molar-refractivity contribution < 1.29 is 168 Å². The van der Waals surface area contributed by atoms with E-state index in [9.17, 15) is 9.59 Å². The van der Waals surface area contributed by atoms with Crippen molar-refractivity contribution in [3.63, 3.8) is 0 Å². The number of hydrogen-bond acceptors (Lipinski definition) is 16. The van der Waals surface area contributed by atoms with Crippen LogP contribution in [0.5, 0.6) is 0 Å². The number of aromatic nitrogens is 8. The van der Waals surface area contributed by atoms with Crippen LogP contribution in [-0.2, 0) is 38.0 Å². The molecule has 0 aromatic carbocycles. The molecule has 0 aliphatic carbocycles. The summed E-state index contributed by atoms with van der Waals surface area (Å²) in [6.07, 6.45) is 14.0. The first-order chi connectivity index (χ1) is 31.3. The van der Waals surface area contributed by atoms with Crippen molar-refractivity contribution in [2.45, 2.75) is 89.9 Å². The summed E-state index contributed by atoms with van der Waals surface area (Å²) < 4.78 is 22.8. The molecule has 5 aliphatic rings. The Morgan fingerprint density at radius 1 is 0.712 bits per heavy atom. The van der Waals surface area contributed by atoms with Crippen LogP contribution >= 0.6 is 11.6 Å². The third-order valence-electron chi connectivity index (χ3n) is 11.8. The molecule has 0 saturated carbocycles. The molecule has 66 heavy (non-hydrogen) atoms. The average Bonchev–Trinajstić information content (AvgIpc) is 4.07. The van der Waals surface area contributed by atoms with Crippen LogP contribution in [0, 0.1) is 0 Å². The maximum Gasteiger partial charge on any atom is 1.00 e. The molecule has 20 nitrogen and oxygen atoms in total. The van der Waals surface area contributed by atoms with Crippen molar-refractivity contribution in [2.24, 2.45) is 14.1 Å². The molecule has 5 fully saturated rings. The summed E-state index contributed by atoms with van der Waals surface area (Å²) in [5.41, 5.74) is 1.05. The number of fused-ring (bicyclic) bond motifs is 2. The van der Waals surface area contributed by atoms with E-state index in [4.69, 9.17) is 46.1 Å². The quantitative estimate of drug-likeness (QED) is 0.0783. The Morgan fingerprint density at radius 2 is 1.18 bits per heavy atom. The predicted octanol–water partition coefficient (Wildman–Crippen LogP) is -3.65. The van der Waals surface area contributed by atoms with Gasteiger partial charge in [-0.1, -0.05) is 13.8 Å². The summed E-state index contributed by atoms with van der Waals surface area (Å²) in [7, 11) is 3.62. The zero-order valence-corrected chi connectivity index (χ0v) is 53.7. The normalized spacial score (nSPS) is 18.3. The first-order valence-corrected chi connectivity index (χ1v) is 23.6. The molecule has 5 aliphatic heterocycles. The summed E-state index contributed by atoms with van der Waals surface area (Å²) in [5.74, 6) is 4.66. The van der Waals surface area contributed by atoms with Crippen LogP contribution in [-0.4, -0.2) is 154 Å². The van der Waals surface area contributed by atoms with Gasteiger partial charge < -0.3 is 45.8 Å². The van der Waals surface area contributed by atoms with E-state index in [1.807, 2.05) is 14.0 Å². The van der Waals surface area contributed by atoms with Crippen molar-refractivity contribution in [3.05, 3.63) is 44.8 Å². The Kier molecular flexibility index (Phi) is 30.6. The number of imidazole rings is 2. The monoisotopic (exact) mass is 1180 g/mol. The van der Waals surface area contributed by atoms with E-state index in [1.54, 1.807) is 37.6 Å². The number of rotatable bonds is 8. The van der Waals surface area contributed by atoms with Gasteiger partial charge in [-0.2, -0.15) is 0 Å². The molecule has 5 saturated heterocycles. The molecule has 9 heterocycles. The Morgan fingerprint density at radius 3 is 1.62 bits per heavy atom. The van der Waals surface area contributed by atoms with Crippen molar-refractivity contribution in [1.82, 2.24) is 48.5 Å².